The second-order valence-corrected chi connectivity index (χ2v) is 3.99. The van der Waals surface area contributed by atoms with Gasteiger partial charge in [-0.3, -0.25) is 4.79 Å². The Morgan fingerprint density at radius 2 is 2.06 bits per heavy atom. The molecule has 0 saturated heterocycles. The highest BCUT2D eigenvalue weighted by Crippen LogP contribution is 2.12. The summed E-state index contributed by atoms with van der Waals surface area (Å²) in [6.07, 6.45) is 0.383. The van der Waals surface area contributed by atoms with Gasteiger partial charge in [-0.05, 0) is 31.5 Å². The molecule has 0 saturated carbocycles. The SMILES string of the molecule is CC(C)NC(=O)COc1ccc(CC#N)cc1. The molecule has 0 aromatic heterocycles. The Labute approximate surface area is 101 Å². The van der Waals surface area contributed by atoms with Gasteiger partial charge in [0.15, 0.2) is 6.61 Å². The first-order valence-electron chi connectivity index (χ1n) is 5.50. The molecule has 0 unspecified atom stereocenters. The van der Waals surface area contributed by atoms with E-state index in [-0.39, 0.29) is 18.6 Å². The highest BCUT2D eigenvalue weighted by molar-refractivity contribution is 5.77. The van der Waals surface area contributed by atoms with Gasteiger partial charge in [0.1, 0.15) is 5.75 Å². The van der Waals surface area contributed by atoms with Gasteiger partial charge in [0.25, 0.3) is 5.91 Å². The number of carbonyl (C=O) groups is 1. The summed E-state index contributed by atoms with van der Waals surface area (Å²) in [5, 5.41) is 11.3. The zero-order valence-corrected chi connectivity index (χ0v) is 10.1. The molecule has 0 aliphatic rings. The van der Waals surface area contributed by atoms with Crippen LogP contribution in [0.3, 0.4) is 0 Å². The van der Waals surface area contributed by atoms with Gasteiger partial charge in [-0.2, -0.15) is 5.26 Å². The van der Waals surface area contributed by atoms with Crippen molar-refractivity contribution in [3.63, 3.8) is 0 Å². The van der Waals surface area contributed by atoms with E-state index in [9.17, 15) is 4.79 Å². The van der Waals surface area contributed by atoms with Crippen molar-refractivity contribution < 1.29 is 9.53 Å². The summed E-state index contributed by atoms with van der Waals surface area (Å²) in [6, 6.07) is 9.34. The predicted octanol–water partition coefficient (Wildman–Crippen LogP) is 1.66. The largest absolute Gasteiger partial charge is 0.484 e. The molecule has 0 spiro atoms. The van der Waals surface area contributed by atoms with Crippen LogP contribution in [0.5, 0.6) is 5.75 Å². The Morgan fingerprint density at radius 1 is 1.41 bits per heavy atom. The van der Waals surface area contributed by atoms with Crippen LogP contribution in [0.4, 0.5) is 0 Å². The molecule has 1 amide bonds. The zero-order chi connectivity index (χ0) is 12.7. The van der Waals surface area contributed by atoms with Crippen molar-refractivity contribution in [1.82, 2.24) is 5.32 Å². The standard InChI is InChI=1S/C13H16N2O2/c1-10(2)15-13(16)9-17-12-5-3-11(4-6-12)7-8-14/h3-6,10H,7,9H2,1-2H3,(H,15,16). The topological polar surface area (TPSA) is 62.1 Å². The molecule has 1 rings (SSSR count). The fourth-order valence-electron chi connectivity index (χ4n) is 1.31. The molecule has 0 aliphatic heterocycles. The van der Waals surface area contributed by atoms with Crippen molar-refractivity contribution in [2.45, 2.75) is 26.3 Å². The van der Waals surface area contributed by atoms with E-state index in [0.717, 1.165) is 5.56 Å². The van der Waals surface area contributed by atoms with Gasteiger partial charge >= 0.3 is 0 Å². The molecule has 90 valence electrons. The molecule has 0 bridgehead atoms. The number of ether oxygens (including phenoxy) is 1. The number of rotatable bonds is 5. The fraction of sp³-hybridized carbons (Fsp3) is 0.385. The summed E-state index contributed by atoms with van der Waals surface area (Å²) in [6.45, 7) is 3.80. The van der Waals surface area contributed by atoms with Crippen LogP contribution in [0, 0.1) is 11.3 Å². The molecule has 17 heavy (non-hydrogen) atoms. The minimum atomic E-state index is -0.138. The summed E-state index contributed by atoms with van der Waals surface area (Å²) < 4.78 is 5.31. The molecule has 1 aromatic carbocycles. The van der Waals surface area contributed by atoms with Crippen LogP contribution in [0.1, 0.15) is 19.4 Å². The lowest BCUT2D eigenvalue weighted by atomic mass is 10.2. The van der Waals surface area contributed by atoms with E-state index >= 15 is 0 Å². The number of amides is 1. The first kappa shape index (κ1) is 13.0. The highest BCUT2D eigenvalue weighted by atomic mass is 16.5. The minimum absolute atomic E-state index is 0.00970. The third-order valence-electron chi connectivity index (χ3n) is 2.03. The lowest BCUT2D eigenvalue weighted by Crippen LogP contribution is -2.34. The first-order chi connectivity index (χ1) is 8.11. The number of benzene rings is 1. The minimum Gasteiger partial charge on any atom is -0.484 e. The lowest BCUT2D eigenvalue weighted by Gasteiger charge is -2.09. The summed E-state index contributed by atoms with van der Waals surface area (Å²) in [4.78, 5) is 11.3. The third kappa shape index (κ3) is 5.03. The van der Waals surface area contributed by atoms with Gasteiger partial charge in [0, 0.05) is 6.04 Å². The summed E-state index contributed by atoms with van der Waals surface area (Å²) in [5.41, 5.74) is 0.937. The van der Waals surface area contributed by atoms with E-state index in [4.69, 9.17) is 10.00 Å². The van der Waals surface area contributed by atoms with Gasteiger partial charge in [0.05, 0.1) is 12.5 Å². The normalized spacial score (nSPS) is 9.76. The van der Waals surface area contributed by atoms with Crippen molar-refractivity contribution >= 4 is 5.91 Å². The Morgan fingerprint density at radius 3 is 2.59 bits per heavy atom. The summed E-state index contributed by atoms with van der Waals surface area (Å²) in [7, 11) is 0. The molecule has 4 nitrogen and oxygen atoms in total. The Hall–Kier alpha value is -2.02. The molecule has 0 aliphatic carbocycles. The average Bonchev–Trinajstić information content (AvgIpc) is 2.28. The molecule has 1 aromatic rings. The average molecular weight is 232 g/mol. The Bertz CT molecular complexity index is 404. The maximum absolute atomic E-state index is 11.3. The summed E-state index contributed by atoms with van der Waals surface area (Å²) >= 11 is 0. The quantitative estimate of drug-likeness (QED) is 0.839. The van der Waals surface area contributed by atoms with Crippen LogP contribution in [0.25, 0.3) is 0 Å². The van der Waals surface area contributed by atoms with Crippen LogP contribution in [0.2, 0.25) is 0 Å². The number of nitrogens with one attached hydrogen (secondary N) is 1. The van der Waals surface area contributed by atoms with Crippen LogP contribution in [0.15, 0.2) is 24.3 Å². The van der Waals surface area contributed by atoms with Crippen LogP contribution in [-0.4, -0.2) is 18.6 Å². The first-order valence-corrected chi connectivity index (χ1v) is 5.50. The van der Waals surface area contributed by atoms with Gasteiger partial charge in [0.2, 0.25) is 0 Å². The molecule has 0 heterocycles. The van der Waals surface area contributed by atoms with Crippen molar-refractivity contribution in [2.75, 3.05) is 6.61 Å². The molecule has 0 fully saturated rings. The van der Waals surface area contributed by atoms with Gasteiger partial charge in [-0.15, -0.1) is 0 Å². The Kier molecular flexibility index (Phi) is 5.02. The molecule has 0 atom stereocenters. The van der Waals surface area contributed by atoms with Crippen LogP contribution in [-0.2, 0) is 11.2 Å². The maximum atomic E-state index is 11.3. The van der Waals surface area contributed by atoms with Gasteiger partial charge in [-0.1, -0.05) is 12.1 Å². The van der Waals surface area contributed by atoms with Gasteiger partial charge in [-0.25, -0.2) is 0 Å². The number of carbonyl (C=O) groups excluding carboxylic acids is 1. The van der Waals surface area contributed by atoms with Crippen molar-refractivity contribution in [3.8, 4) is 11.8 Å². The van der Waals surface area contributed by atoms with E-state index < -0.39 is 0 Å². The second kappa shape index (κ2) is 6.54. The number of nitrogens with zero attached hydrogens (tertiary/aromatic N) is 1. The van der Waals surface area contributed by atoms with Crippen LogP contribution >= 0.6 is 0 Å². The van der Waals surface area contributed by atoms with Crippen molar-refractivity contribution in [1.29, 1.82) is 5.26 Å². The molecule has 1 N–H and O–H groups in total. The Balaban J connectivity index is 2.42. The predicted molar refractivity (Wildman–Crippen MR) is 64.5 cm³/mol. The number of nitriles is 1. The lowest BCUT2D eigenvalue weighted by molar-refractivity contribution is -0.123. The fourth-order valence-corrected chi connectivity index (χ4v) is 1.31. The van der Waals surface area contributed by atoms with E-state index in [0.29, 0.717) is 12.2 Å². The second-order valence-electron chi connectivity index (χ2n) is 3.99. The van der Waals surface area contributed by atoms with Crippen LogP contribution < -0.4 is 10.1 Å². The number of hydrogen-bond acceptors (Lipinski definition) is 3. The monoisotopic (exact) mass is 232 g/mol. The zero-order valence-electron chi connectivity index (χ0n) is 10.1. The van der Waals surface area contributed by atoms with Crippen molar-refractivity contribution in [3.05, 3.63) is 29.8 Å². The summed E-state index contributed by atoms with van der Waals surface area (Å²) in [5.74, 6) is 0.492. The number of hydrogen-bond donors (Lipinski definition) is 1. The molecular formula is C13H16N2O2. The molecule has 4 heteroatoms. The highest BCUT2D eigenvalue weighted by Gasteiger charge is 2.04. The van der Waals surface area contributed by atoms with E-state index in [2.05, 4.69) is 11.4 Å². The van der Waals surface area contributed by atoms with E-state index in [1.807, 2.05) is 26.0 Å². The smallest absolute Gasteiger partial charge is 0.258 e. The molecular weight excluding hydrogens is 216 g/mol. The maximum Gasteiger partial charge on any atom is 0.258 e. The molecule has 0 radical (unpaired) electrons. The van der Waals surface area contributed by atoms with Gasteiger partial charge < -0.3 is 10.1 Å². The third-order valence-corrected chi connectivity index (χ3v) is 2.03. The van der Waals surface area contributed by atoms with E-state index in [1.165, 1.54) is 0 Å². The van der Waals surface area contributed by atoms with Crippen molar-refractivity contribution in [2.24, 2.45) is 0 Å². The van der Waals surface area contributed by atoms with E-state index in [1.54, 1.807) is 12.1 Å².